The van der Waals surface area contributed by atoms with Crippen LogP contribution in [0, 0.1) is 0 Å². The van der Waals surface area contributed by atoms with Gasteiger partial charge < -0.3 is 24.8 Å². The lowest BCUT2D eigenvalue weighted by atomic mass is 10.1. The molecule has 2 heterocycles. The molecule has 0 spiro atoms. The maximum Gasteiger partial charge on any atom is 0.270 e. The molecule has 1 aliphatic heterocycles. The fourth-order valence-corrected chi connectivity index (χ4v) is 1.78. The number of morpholine rings is 1. The van der Waals surface area contributed by atoms with Gasteiger partial charge in [0, 0.05) is 27.9 Å². The number of nitrogens with one attached hydrogen (secondary N) is 1. The molecule has 1 aromatic heterocycles. The van der Waals surface area contributed by atoms with Gasteiger partial charge in [-0.2, -0.15) is 4.37 Å². The van der Waals surface area contributed by atoms with Crippen molar-refractivity contribution in [3.63, 3.8) is 0 Å². The van der Waals surface area contributed by atoms with E-state index >= 15 is 0 Å². The zero-order chi connectivity index (χ0) is 23.4. The van der Waals surface area contributed by atoms with Gasteiger partial charge in [0.2, 0.25) is 5.82 Å². The number of aliphatic hydroxyl groups is 1. The monoisotopic (exact) mass is 325 g/mol. The van der Waals surface area contributed by atoms with Crippen LogP contribution in [0.25, 0.3) is 0 Å². The molecular formula is C13H24N4O3S. The summed E-state index contributed by atoms with van der Waals surface area (Å²) in [5.74, 6) is -0.768. The molecule has 7 nitrogen and oxygen atoms in total. The zero-order valence-electron chi connectivity index (χ0n) is 20.9. The molecule has 0 unspecified atom stereocenters. The van der Waals surface area contributed by atoms with Crippen LogP contribution in [0.4, 0.5) is 5.82 Å². The van der Waals surface area contributed by atoms with Gasteiger partial charge in [-0.1, -0.05) is 0 Å². The summed E-state index contributed by atoms with van der Waals surface area (Å²) >= 11 is 0.558. The first-order valence-electron chi connectivity index (χ1n) is 10.7. The summed E-state index contributed by atoms with van der Waals surface area (Å²) in [5, 5.41) is 12.8. The van der Waals surface area contributed by atoms with Gasteiger partial charge in [0.25, 0.3) is 5.88 Å². The van der Waals surface area contributed by atoms with Crippen LogP contribution < -0.4 is 15.0 Å². The van der Waals surface area contributed by atoms with E-state index in [9.17, 15) is 5.11 Å². The predicted molar refractivity (Wildman–Crippen MR) is 82.2 cm³/mol. The number of nitrogens with zero attached hydrogens (tertiary/aromatic N) is 3. The Labute approximate surface area is 142 Å². The van der Waals surface area contributed by atoms with Crippen molar-refractivity contribution in [1.29, 1.82) is 0 Å². The number of anilines is 1. The summed E-state index contributed by atoms with van der Waals surface area (Å²) in [6.07, 6.45) is -3.44. The van der Waals surface area contributed by atoms with Crippen LogP contribution in [0.1, 0.15) is 33.1 Å². The van der Waals surface area contributed by atoms with Crippen molar-refractivity contribution in [2.45, 2.75) is 32.4 Å². The van der Waals surface area contributed by atoms with Gasteiger partial charge in [0.1, 0.15) is 12.6 Å². The van der Waals surface area contributed by atoms with E-state index in [0.717, 1.165) is 4.90 Å². The van der Waals surface area contributed by atoms with Crippen molar-refractivity contribution in [2.24, 2.45) is 0 Å². The first kappa shape index (κ1) is 8.05. The lowest BCUT2D eigenvalue weighted by molar-refractivity contribution is 0.0975. The van der Waals surface area contributed by atoms with E-state index in [0.29, 0.717) is 11.7 Å². The molecule has 8 heteroatoms. The van der Waals surface area contributed by atoms with Gasteiger partial charge in [-0.05, 0) is 20.8 Å². The fraction of sp³-hybridized carbons (Fsp3) is 0.846. The second-order valence-electron chi connectivity index (χ2n) is 5.19. The Morgan fingerprint density at radius 2 is 2.29 bits per heavy atom. The second-order valence-corrected chi connectivity index (χ2v) is 5.72. The van der Waals surface area contributed by atoms with Gasteiger partial charge in [-0.15, -0.1) is 4.37 Å². The van der Waals surface area contributed by atoms with Crippen LogP contribution >= 0.6 is 11.7 Å². The minimum absolute atomic E-state index is 0.222. The highest BCUT2D eigenvalue weighted by Gasteiger charge is 2.21. The van der Waals surface area contributed by atoms with Gasteiger partial charge in [-0.3, -0.25) is 0 Å². The third kappa shape index (κ3) is 5.39. The molecule has 1 aromatic rings. The number of hydrogen-bond acceptors (Lipinski definition) is 8. The maximum absolute atomic E-state index is 10.4. The smallest absolute Gasteiger partial charge is 0.270 e. The zero-order valence-corrected chi connectivity index (χ0v) is 12.7. The number of hydrogen-bond donors (Lipinski definition) is 2. The van der Waals surface area contributed by atoms with Crippen LogP contribution in [-0.4, -0.2) is 64.7 Å². The van der Waals surface area contributed by atoms with Crippen LogP contribution in [0.5, 0.6) is 5.88 Å². The Bertz CT molecular complexity index is 753. The van der Waals surface area contributed by atoms with Crippen molar-refractivity contribution in [3.8, 4) is 5.88 Å². The summed E-state index contributed by atoms with van der Waals surface area (Å²) in [5.41, 5.74) is -0.910. The molecule has 2 N–H and O–H groups in total. The third-order valence-electron chi connectivity index (χ3n) is 2.20. The van der Waals surface area contributed by atoms with Crippen molar-refractivity contribution in [3.05, 3.63) is 0 Å². The largest absolute Gasteiger partial charge is 0.472 e. The number of aromatic nitrogens is 2. The summed E-state index contributed by atoms with van der Waals surface area (Å²) in [7, 11) is 0. The average molecular weight is 325 g/mol. The molecule has 2 rings (SSSR count). The first-order chi connectivity index (χ1) is 13.2. The summed E-state index contributed by atoms with van der Waals surface area (Å²) in [6, 6.07) is 0. The fourth-order valence-electron chi connectivity index (χ4n) is 1.28. The standard InChI is InChI=1S/C13H24N4O3S/c1-13(2,3)14-8-10(18)9-20-12-11(15-21-16-12)17-4-6-19-7-5-17/h10,14,18H,4-9H2,1-3H3/t10-/m0/s1/i6D2,7D2,8D2,9D2,10D. The molecule has 0 radical (unpaired) electrons. The molecule has 21 heavy (non-hydrogen) atoms. The van der Waals surface area contributed by atoms with E-state index in [2.05, 4.69) is 14.1 Å². The first-order valence-corrected chi connectivity index (χ1v) is 6.90. The Kier molecular flexibility index (Phi) is 2.82. The molecule has 0 aromatic carbocycles. The molecule has 120 valence electrons. The molecule has 0 aliphatic carbocycles. The van der Waals surface area contributed by atoms with Gasteiger partial charge >= 0.3 is 0 Å². The maximum atomic E-state index is 10.4. The average Bonchev–Trinajstić information content (AvgIpc) is 2.88. The lowest BCUT2D eigenvalue weighted by Crippen LogP contribution is -2.42. The van der Waals surface area contributed by atoms with Crippen molar-refractivity contribution >= 4 is 17.5 Å². The van der Waals surface area contributed by atoms with Crippen molar-refractivity contribution in [2.75, 3.05) is 44.2 Å². The SMILES string of the molecule is [2H]C1([2H])CN(c2nsnc2OC([2H])([2H])[C@@]([2H])(O)C([2H])([2H])NC(C)(C)C)CC([2H])([2H])O1. The van der Waals surface area contributed by atoms with Crippen LogP contribution in [0.3, 0.4) is 0 Å². The van der Waals surface area contributed by atoms with Crippen molar-refractivity contribution in [1.82, 2.24) is 14.1 Å². The Morgan fingerprint density at radius 3 is 2.95 bits per heavy atom. The molecule has 0 saturated carbocycles. The third-order valence-corrected chi connectivity index (χ3v) is 2.70. The van der Waals surface area contributed by atoms with Gasteiger partial charge in [0.05, 0.1) is 34.4 Å². The van der Waals surface area contributed by atoms with Crippen molar-refractivity contribution < 1.29 is 26.9 Å². The highest BCUT2D eigenvalue weighted by molar-refractivity contribution is 6.99. The molecule has 1 aliphatic rings. The molecule has 0 amide bonds. The Morgan fingerprint density at radius 1 is 1.57 bits per heavy atom. The number of β-amino-alcohol motifs (C(OH)–C–C–N with tert-alkyl or cyclic N) is 1. The highest BCUT2D eigenvalue weighted by atomic mass is 32.1. The van der Waals surface area contributed by atoms with E-state index in [1.165, 1.54) is 0 Å². The number of ether oxygens (including phenoxy) is 2. The van der Waals surface area contributed by atoms with E-state index in [-0.39, 0.29) is 5.82 Å². The minimum atomic E-state index is -3.44. The molecular weight excluding hydrogens is 292 g/mol. The lowest BCUT2D eigenvalue weighted by Gasteiger charge is -2.27. The Hall–Kier alpha value is -0.960. The Balaban J connectivity index is 2.32. The minimum Gasteiger partial charge on any atom is -0.472 e. The van der Waals surface area contributed by atoms with Crippen LogP contribution in [-0.2, 0) is 4.74 Å². The molecule has 1 fully saturated rings. The summed E-state index contributed by atoms with van der Waals surface area (Å²) in [6.45, 7) is -7.27. The summed E-state index contributed by atoms with van der Waals surface area (Å²) < 4.78 is 88.1. The van der Waals surface area contributed by atoms with Gasteiger partial charge in [0.15, 0.2) is 0 Å². The van der Waals surface area contributed by atoms with Crippen LogP contribution in [0.15, 0.2) is 0 Å². The number of rotatable bonds is 6. The second kappa shape index (κ2) is 7.35. The van der Waals surface area contributed by atoms with Gasteiger partial charge in [-0.25, -0.2) is 0 Å². The van der Waals surface area contributed by atoms with Crippen LogP contribution in [0.2, 0.25) is 0 Å². The topological polar surface area (TPSA) is 79.7 Å². The normalized spacial score (nSPS) is 31.8. The molecule has 1 atom stereocenters. The highest BCUT2D eigenvalue weighted by Crippen LogP contribution is 2.26. The van der Waals surface area contributed by atoms with E-state index < -0.39 is 56.8 Å². The van der Waals surface area contributed by atoms with E-state index in [1.807, 2.05) is 0 Å². The molecule has 1 saturated heterocycles. The van der Waals surface area contributed by atoms with E-state index in [1.54, 1.807) is 20.8 Å². The quantitative estimate of drug-likeness (QED) is 0.788. The predicted octanol–water partition coefficient (Wildman–Crippen LogP) is 0.502. The van der Waals surface area contributed by atoms with E-state index in [4.69, 9.17) is 21.8 Å². The summed E-state index contributed by atoms with van der Waals surface area (Å²) in [4.78, 5) is 1.10. The molecule has 0 bridgehead atoms.